The molecule has 0 fully saturated rings. The van der Waals surface area contributed by atoms with Gasteiger partial charge in [0.1, 0.15) is 5.82 Å². The zero-order chi connectivity index (χ0) is 12.7. The molecule has 0 saturated heterocycles. The number of benzene rings is 1. The Morgan fingerprint density at radius 3 is 2.71 bits per heavy atom. The molecule has 1 aromatic rings. The molecule has 2 heteroatoms. The third-order valence-electron chi connectivity index (χ3n) is 2.62. The maximum Gasteiger partial charge on any atom is 0.130 e. The fraction of sp³-hybridized carbons (Fsp3) is 0.467. The SMILES string of the molecule is CC(=CCCNCC(C)C)c1ccccc1F. The van der Waals surface area contributed by atoms with E-state index in [1.54, 1.807) is 6.07 Å². The van der Waals surface area contributed by atoms with E-state index in [9.17, 15) is 4.39 Å². The highest BCUT2D eigenvalue weighted by molar-refractivity contribution is 5.63. The molecule has 0 atom stereocenters. The molecule has 0 bridgehead atoms. The lowest BCUT2D eigenvalue weighted by atomic mass is 10.1. The second-order valence-corrected chi connectivity index (χ2v) is 4.75. The van der Waals surface area contributed by atoms with Gasteiger partial charge < -0.3 is 5.32 Å². The molecule has 1 nitrogen and oxygen atoms in total. The summed E-state index contributed by atoms with van der Waals surface area (Å²) in [6.45, 7) is 8.32. The minimum atomic E-state index is -0.142. The fourth-order valence-corrected chi connectivity index (χ4v) is 1.67. The van der Waals surface area contributed by atoms with Crippen LogP contribution in [-0.2, 0) is 0 Å². The van der Waals surface area contributed by atoms with Crippen molar-refractivity contribution in [3.05, 3.63) is 41.7 Å². The lowest BCUT2D eigenvalue weighted by Gasteiger charge is -2.06. The van der Waals surface area contributed by atoms with E-state index in [4.69, 9.17) is 0 Å². The van der Waals surface area contributed by atoms with Crippen LogP contribution in [0.1, 0.15) is 32.8 Å². The maximum absolute atomic E-state index is 13.5. The van der Waals surface area contributed by atoms with Crippen LogP contribution in [0, 0.1) is 11.7 Å². The Kier molecular flexibility index (Phi) is 5.92. The van der Waals surface area contributed by atoms with Crippen LogP contribution in [0.15, 0.2) is 30.3 Å². The Balaban J connectivity index is 2.42. The summed E-state index contributed by atoms with van der Waals surface area (Å²) >= 11 is 0. The van der Waals surface area contributed by atoms with Gasteiger partial charge in [0.15, 0.2) is 0 Å². The molecule has 1 rings (SSSR count). The molecule has 1 aromatic carbocycles. The molecule has 0 aliphatic carbocycles. The average Bonchev–Trinajstić information content (AvgIpc) is 2.28. The molecule has 1 N–H and O–H groups in total. The van der Waals surface area contributed by atoms with E-state index >= 15 is 0 Å². The predicted molar refractivity (Wildman–Crippen MR) is 72.4 cm³/mol. The molecule has 94 valence electrons. The van der Waals surface area contributed by atoms with Gasteiger partial charge in [-0.15, -0.1) is 0 Å². The van der Waals surface area contributed by atoms with Crippen molar-refractivity contribution in [1.29, 1.82) is 0 Å². The van der Waals surface area contributed by atoms with Gasteiger partial charge in [-0.2, -0.15) is 0 Å². The van der Waals surface area contributed by atoms with Crippen molar-refractivity contribution >= 4 is 5.57 Å². The van der Waals surface area contributed by atoms with Crippen LogP contribution >= 0.6 is 0 Å². The minimum Gasteiger partial charge on any atom is -0.316 e. The summed E-state index contributed by atoms with van der Waals surface area (Å²) in [6.07, 6.45) is 3.03. The summed E-state index contributed by atoms with van der Waals surface area (Å²) < 4.78 is 13.5. The zero-order valence-electron chi connectivity index (χ0n) is 11.0. The fourth-order valence-electron chi connectivity index (χ4n) is 1.67. The van der Waals surface area contributed by atoms with Crippen LogP contribution in [0.5, 0.6) is 0 Å². The molecule has 0 unspecified atom stereocenters. The molecular formula is C15H22FN. The number of rotatable bonds is 6. The Bertz CT molecular complexity index is 369. The summed E-state index contributed by atoms with van der Waals surface area (Å²) in [6, 6.07) is 6.91. The lowest BCUT2D eigenvalue weighted by Crippen LogP contribution is -2.20. The minimum absolute atomic E-state index is 0.142. The Hall–Kier alpha value is -1.15. The summed E-state index contributed by atoms with van der Waals surface area (Å²) in [5, 5.41) is 3.37. The van der Waals surface area contributed by atoms with Gasteiger partial charge in [0.2, 0.25) is 0 Å². The van der Waals surface area contributed by atoms with Gasteiger partial charge in [-0.25, -0.2) is 4.39 Å². The highest BCUT2D eigenvalue weighted by atomic mass is 19.1. The van der Waals surface area contributed by atoms with Gasteiger partial charge in [0.05, 0.1) is 0 Å². The number of nitrogens with one attached hydrogen (secondary N) is 1. The molecule has 0 saturated carbocycles. The van der Waals surface area contributed by atoms with E-state index in [0.717, 1.165) is 25.1 Å². The van der Waals surface area contributed by atoms with Crippen molar-refractivity contribution in [3.63, 3.8) is 0 Å². The first-order valence-electron chi connectivity index (χ1n) is 6.23. The lowest BCUT2D eigenvalue weighted by molar-refractivity contribution is 0.557. The van der Waals surface area contributed by atoms with Crippen LogP contribution in [0.4, 0.5) is 4.39 Å². The first-order valence-corrected chi connectivity index (χ1v) is 6.23. The zero-order valence-corrected chi connectivity index (χ0v) is 11.0. The van der Waals surface area contributed by atoms with Gasteiger partial charge in [-0.1, -0.05) is 38.1 Å². The third-order valence-corrected chi connectivity index (χ3v) is 2.62. The molecule has 0 spiro atoms. The normalized spacial score (nSPS) is 12.2. The molecular weight excluding hydrogens is 213 g/mol. The van der Waals surface area contributed by atoms with E-state index in [2.05, 4.69) is 25.2 Å². The van der Waals surface area contributed by atoms with Crippen molar-refractivity contribution in [3.8, 4) is 0 Å². The van der Waals surface area contributed by atoms with Gasteiger partial charge in [-0.05, 0) is 44.0 Å². The van der Waals surface area contributed by atoms with Crippen molar-refractivity contribution in [2.45, 2.75) is 27.2 Å². The quantitative estimate of drug-likeness (QED) is 0.738. The predicted octanol–water partition coefficient (Wildman–Crippen LogP) is 3.86. The number of hydrogen-bond donors (Lipinski definition) is 1. The molecule has 0 amide bonds. The van der Waals surface area contributed by atoms with Gasteiger partial charge in [0.25, 0.3) is 0 Å². The van der Waals surface area contributed by atoms with Gasteiger partial charge >= 0.3 is 0 Å². The summed E-state index contributed by atoms with van der Waals surface area (Å²) in [4.78, 5) is 0. The first-order chi connectivity index (χ1) is 8.11. The van der Waals surface area contributed by atoms with Crippen molar-refractivity contribution < 1.29 is 4.39 Å². The largest absolute Gasteiger partial charge is 0.316 e. The summed E-state index contributed by atoms with van der Waals surface area (Å²) in [7, 11) is 0. The van der Waals surface area contributed by atoms with Crippen molar-refractivity contribution in [2.75, 3.05) is 13.1 Å². The highest BCUT2D eigenvalue weighted by Crippen LogP contribution is 2.17. The molecule has 0 aliphatic heterocycles. The number of allylic oxidation sites excluding steroid dienone is 1. The Morgan fingerprint density at radius 1 is 1.35 bits per heavy atom. The van der Waals surface area contributed by atoms with Crippen LogP contribution < -0.4 is 5.32 Å². The van der Waals surface area contributed by atoms with Crippen LogP contribution in [0.3, 0.4) is 0 Å². The smallest absolute Gasteiger partial charge is 0.130 e. The topological polar surface area (TPSA) is 12.0 Å². The first kappa shape index (κ1) is 13.9. The van der Waals surface area contributed by atoms with Crippen LogP contribution in [0.25, 0.3) is 5.57 Å². The molecule has 0 aliphatic rings. The maximum atomic E-state index is 13.5. The van der Waals surface area contributed by atoms with Crippen molar-refractivity contribution in [1.82, 2.24) is 5.32 Å². The number of hydrogen-bond acceptors (Lipinski definition) is 1. The summed E-state index contributed by atoms with van der Waals surface area (Å²) in [5.74, 6) is 0.531. The summed E-state index contributed by atoms with van der Waals surface area (Å²) in [5.41, 5.74) is 1.71. The standard InChI is InChI=1S/C15H22FN/c1-12(2)11-17-10-6-7-13(3)14-8-4-5-9-15(14)16/h4-5,7-9,12,17H,6,10-11H2,1-3H3. The van der Waals surface area contributed by atoms with E-state index in [1.807, 2.05) is 19.1 Å². The third kappa shape index (κ3) is 5.14. The van der Waals surface area contributed by atoms with E-state index in [1.165, 1.54) is 6.07 Å². The average molecular weight is 235 g/mol. The van der Waals surface area contributed by atoms with Crippen LogP contribution in [-0.4, -0.2) is 13.1 Å². The van der Waals surface area contributed by atoms with Crippen molar-refractivity contribution in [2.24, 2.45) is 5.92 Å². The van der Waals surface area contributed by atoms with E-state index in [0.29, 0.717) is 11.5 Å². The van der Waals surface area contributed by atoms with E-state index in [-0.39, 0.29) is 5.82 Å². The second-order valence-electron chi connectivity index (χ2n) is 4.75. The second kappa shape index (κ2) is 7.23. The van der Waals surface area contributed by atoms with Gasteiger partial charge in [0, 0.05) is 5.56 Å². The van der Waals surface area contributed by atoms with E-state index < -0.39 is 0 Å². The Labute approximate surface area is 104 Å². The Morgan fingerprint density at radius 2 is 2.06 bits per heavy atom. The van der Waals surface area contributed by atoms with Gasteiger partial charge in [-0.3, -0.25) is 0 Å². The van der Waals surface area contributed by atoms with Crippen LogP contribution in [0.2, 0.25) is 0 Å². The monoisotopic (exact) mass is 235 g/mol. The number of halogens is 1. The molecule has 17 heavy (non-hydrogen) atoms. The molecule has 0 radical (unpaired) electrons. The molecule has 0 heterocycles. The highest BCUT2D eigenvalue weighted by Gasteiger charge is 2.01. The molecule has 0 aromatic heterocycles.